The van der Waals surface area contributed by atoms with E-state index >= 15 is 0 Å². The summed E-state index contributed by atoms with van der Waals surface area (Å²) in [7, 11) is -4.02. The summed E-state index contributed by atoms with van der Waals surface area (Å²) in [5.41, 5.74) is 0.956. The van der Waals surface area contributed by atoms with Gasteiger partial charge in [0.25, 0.3) is 10.1 Å². The molecule has 1 unspecified atom stereocenters. The average Bonchev–Trinajstić information content (AvgIpc) is 2.82. The average molecular weight is 274 g/mol. The third-order valence-electron chi connectivity index (χ3n) is 2.60. The van der Waals surface area contributed by atoms with E-state index in [4.69, 9.17) is 14.4 Å². The van der Waals surface area contributed by atoms with Gasteiger partial charge in [-0.25, -0.2) is 0 Å². The SMILES string of the molecule is Cc1ccc(S(=O)(=O)O)cc1.OCC1CCOC1. The van der Waals surface area contributed by atoms with Crippen LogP contribution < -0.4 is 0 Å². The van der Waals surface area contributed by atoms with Gasteiger partial charge in [0.15, 0.2) is 0 Å². The summed E-state index contributed by atoms with van der Waals surface area (Å²) >= 11 is 0. The van der Waals surface area contributed by atoms with Crippen LogP contribution in [0.4, 0.5) is 0 Å². The first-order valence-electron chi connectivity index (χ1n) is 5.66. The van der Waals surface area contributed by atoms with Crippen molar-refractivity contribution in [2.75, 3.05) is 19.8 Å². The molecule has 0 aromatic heterocycles. The number of hydrogen-bond acceptors (Lipinski definition) is 4. The number of aryl methyl sites for hydroxylation is 1. The van der Waals surface area contributed by atoms with E-state index in [2.05, 4.69) is 0 Å². The zero-order valence-corrected chi connectivity index (χ0v) is 11.1. The van der Waals surface area contributed by atoms with Gasteiger partial charge >= 0.3 is 0 Å². The van der Waals surface area contributed by atoms with Gasteiger partial charge in [0.2, 0.25) is 0 Å². The minimum absolute atomic E-state index is 0.0666. The molecule has 0 radical (unpaired) electrons. The highest BCUT2D eigenvalue weighted by atomic mass is 32.2. The van der Waals surface area contributed by atoms with Crippen LogP contribution in [0.25, 0.3) is 0 Å². The Labute approximate surface area is 107 Å². The van der Waals surface area contributed by atoms with Gasteiger partial charge < -0.3 is 9.84 Å². The summed E-state index contributed by atoms with van der Waals surface area (Å²) in [5, 5.41) is 8.49. The smallest absolute Gasteiger partial charge is 0.294 e. The molecule has 18 heavy (non-hydrogen) atoms. The Hall–Kier alpha value is -0.950. The van der Waals surface area contributed by atoms with Gasteiger partial charge in [-0.1, -0.05) is 17.7 Å². The molecule has 0 bridgehead atoms. The van der Waals surface area contributed by atoms with Crippen molar-refractivity contribution in [3.05, 3.63) is 29.8 Å². The van der Waals surface area contributed by atoms with Gasteiger partial charge in [0, 0.05) is 19.1 Å². The maximum Gasteiger partial charge on any atom is 0.294 e. The standard InChI is InChI=1S/C7H8O3S.C5H10O2/c1-6-2-4-7(5-3-6)11(8,9)10;6-3-5-1-2-7-4-5/h2-5H,1H3,(H,8,9,10);5-6H,1-4H2. The van der Waals surface area contributed by atoms with Crippen LogP contribution in [-0.4, -0.2) is 37.9 Å². The van der Waals surface area contributed by atoms with Crippen LogP contribution in [0, 0.1) is 12.8 Å². The number of hydrogen-bond donors (Lipinski definition) is 2. The van der Waals surface area contributed by atoms with Crippen molar-refractivity contribution >= 4 is 10.1 Å². The fourth-order valence-electron chi connectivity index (χ4n) is 1.44. The summed E-state index contributed by atoms with van der Waals surface area (Å²) in [5.74, 6) is 0.431. The fourth-order valence-corrected chi connectivity index (χ4v) is 1.92. The predicted octanol–water partition coefficient (Wildman–Crippen LogP) is 1.26. The molecule has 0 amide bonds. The molecule has 5 nitrogen and oxygen atoms in total. The van der Waals surface area contributed by atoms with Gasteiger partial charge in [0.05, 0.1) is 11.5 Å². The molecule has 2 N–H and O–H groups in total. The Morgan fingerprint density at radius 3 is 2.28 bits per heavy atom. The molecule has 1 aliphatic heterocycles. The molecular weight excluding hydrogens is 256 g/mol. The van der Waals surface area contributed by atoms with E-state index in [1.807, 2.05) is 6.92 Å². The second kappa shape index (κ2) is 6.84. The van der Waals surface area contributed by atoms with Crippen molar-refractivity contribution in [3.8, 4) is 0 Å². The van der Waals surface area contributed by atoms with Gasteiger partial charge in [-0.3, -0.25) is 4.55 Å². The highest BCUT2D eigenvalue weighted by Gasteiger charge is 2.12. The second-order valence-electron chi connectivity index (χ2n) is 4.20. The molecule has 1 heterocycles. The summed E-state index contributed by atoms with van der Waals surface area (Å²) in [6, 6.07) is 5.99. The van der Waals surface area contributed by atoms with Crippen LogP contribution in [0.1, 0.15) is 12.0 Å². The number of rotatable bonds is 2. The summed E-state index contributed by atoms with van der Waals surface area (Å²) in [4.78, 5) is -0.0666. The molecule has 1 saturated heterocycles. The molecule has 0 spiro atoms. The lowest BCUT2D eigenvalue weighted by atomic mass is 10.1. The van der Waals surface area contributed by atoms with Gasteiger partial charge in [-0.2, -0.15) is 8.42 Å². The molecule has 1 aliphatic rings. The fraction of sp³-hybridized carbons (Fsp3) is 0.500. The van der Waals surface area contributed by atoms with Crippen LogP contribution in [0.5, 0.6) is 0 Å². The van der Waals surface area contributed by atoms with E-state index < -0.39 is 10.1 Å². The topological polar surface area (TPSA) is 83.8 Å². The highest BCUT2D eigenvalue weighted by Crippen LogP contribution is 2.10. The first-order chi connectivity index (χ1) is 8.43. The van der Waals surface area contributed by atoms with Crippen molar-refractivity contribution in [1.29, 1.82) is 0 Å². The highest BCUT2D eigenvalue weighted by molar-refractivity contribution is 7.85. The minimum Gasteiger partial charge on any atom is -0.396 e. The molecule has 0 saturated carbocycles. The van der Waals surface area contributed by atoms with E-state index in [-0.39, 0.29) is 4.90 Å². The molecule has 1 aromatic carbocycles. The summed E-state index contributed by atoms with van der Waals surface area (Å²) in [6.45, 7) is 3.73. The Kier molecular flexibility index (Phi) is 5.74. The quantitative estimate of drug-likeness (QED) is 0.793. The van der Waals surface area contributed by atoms with Crippen LogP contribution in [0.3, 0.4) is 0 Å². The van der Waals surface area contributed by atoms with Crippen LogP contribution in [0.2, 0.25) is 0 Å². The van der Waals surface area contributed by atoms with Gasteiger partial charge in [-0.05, 0) is 25.5 Å². The second-order valence-corrected chi connectivity index (χ2v) is 5.62. The Morgan fingerprint density at radius 2 is 1.94 bits per heavy atom. The molecule has 1 fully saturated rings. The Morgan fingerprint density at radius 1 is 1.33 bits per heavy atom. The van der Waals surface area contributed by atoms with E-state index in [0.717, 1.165) is 25.2 Å². The van der Waals surface area contributed by atoms with Crippen LogP contribution >= 0.6 is 0 Å². The van der Waals surface area contributed by atoms with Crippen molar-refractivity contribution in [1.82, 2.24) is 0 Å². The summed E-state index contributed by atoms with van der Waals surface area (Å²) in [6.07, 6.45) is 1.04. The molecular formula is C12H18O5S. The first-order valence-corrected chi connectivity index (χ1v) is 7.10. The lowest BCUT2D eigenvalue weighted by Gasteiger charge is -1.96. The van der Waals surface area contributed by atoms with Crippen molar-refractivity contribution < 1.29 is 22.8 Å². The number of ether oxygens (including phenoxy) is 1. The largest absolute Gasteiger partial charge is 0.396 e. The van der Waals surface area contributed by atoms with E-state index in [1.54, 1.807) is 12.1 Å². The van der Waals surface area contributed by atoms with E-state index in [0.29, 0.717) is 12.5 Å². The zero-order chi connectivity index (χ0) is 13.6. The van der Waals surface area contributed by atoms with Gasteiger partial charge in [0.1, 0.15) is 0 Å². The number of benzene rings is 1. The van der Waals surface area contributed by atoms with Crippen molar-refractivity contribution in [2.45, 2.75) is 18.2 Å². The first kappa shape index (κ1) is 15.1. The molecule has 102 valence electrons. The maximum atomic E-state index is 10.5. The Balaban J connectivity index is 0.000000199. The van der Waals surface area contributed by atoms with Gasteiger partial charge in [-0.15, -0.1) is 0 Å². The molecule has 6 heteroatoms. The van der Waals surface area contributed by atoms with Crippen molar-refractivity contribution in [2.24, 2.45) is 5.92 Å². The lowest BCUT2D eigenvalue weighted by molar-refractivity contribution is 0.161. The normalized spacial score (nSPS) is 19.2. The molecule has 1 aromatic rings. The number of aliphatic hydroxyl groups excluding tert-OH is 1. The lowest BCUT2D eigenvalue weighted by Crippen LogP contribution is -2.03. The van der Waals surface area contributed by atoms with Crippen LogP contribution in [0.15, 0.2) is 29.2 Å². The molecule has 0 aliphatic carbocycles. The maximum absolute atomic E-state index is 10.5. The minimum atomic E-state index is -4.02. The third kappa shape index (κ3) is 5.14. The predicted molar refractivity (Wildman–Crippen MR) is 67.0 cm³/mol. The van der Waals surface area contributed by atoms with E-state index in [1.165, 1.54) is 12.1 Å². The molecule has 1 atom stereocenters. The Bertz CT molecular complexity index is 446. The zero-order valence-electron chi connectivity index (χ0n) is 10.2. The van der Waals surface area contributed by atoms with E-state index in [9.17, 15) is 8.42 Å². The summed E-state index contributed by atoms with van der Waals surface area (Å²) < 4.78 is 34.5. The van der Waals surface area contributed by atoms with Crippen LogP contribution in [-0.2, 0) is 14.9 Å². The monoisotopic (exact) mass is 274 g/mol. The third-order valence-corrected chi connectivity index (χ3v) is 3.47. The number of aliphatic hydroxyl groups is 1. The van der Waals surface area contributed by atoms with Crippen molar-refractivity contribution in [3.63, 3.8) is 0 Å². The molecule has 2 rings (SSSR count).